The quantitative estimate of drug-likeness (QED) is 0.699. The topological polar surface area (TPSA) is 41.3 Å². The van der Waals surface area contributed by atoms with Gasteiger partial charge in [0.15, 0.2) is 11.4 Å². The monoisotopic (exact) mass is 295 g/mol. The van der Waals surface area contributed by atoms with Crippen molar-refractivity contribution in [2.75, 3.05) is 30.9 Å². The van der Waals surface area contributed by atoms with Gasteiger partial charge in [0.25, 0.3) is 0 Å². The van der Waals surface area contributed by atoms with Crippen molar-refractivity contribution in [1.82, 2.24) is 5.16 Å². The average Bonchev–Trinajstić information content (AvgIpc) is 2.95. The minimum atomic E-state index is 0.816. The van der Waals surface area contributed by atoms with Crippen LogP contribution in [0, 0.1) is 0 Å². The first-order chi connectivity index (χ1) is 10.8. The van der Waals surface area contributed by atoms with Gasteiger partial charge in [0.05, 0.1) is 11.1 Å². The van der Waals surface area contributed by atoms with Crippen LogP contribution in [0.15, 0.2) is 53.1 Å². The number of aryl methyl sites for hydroxylation is 1. The number of anilines is 2. The van der Waals surface area contributed by atoms with E-state index in [1.54, 1.807) is 0 Å². The summed E-state index contributed by atoms with van der Waals surface area (Å²) in [6.07, 6.45) is 2.12. The zero-order valence-electron chi connectivity index (χ0n) is 13.0. The lowest BCUT2D eigenvalue weighted by Gasteiger charge is -2.13. The second-order valence-electron chi connectivity index (χ2n) is 5.59. The third-order valence-electron chi connectivity index (χ3n) is 3.74. The summed E-state index contributed by atoms with van der Waals surface area (Å²) in [6, 6.07) is 16.5. The Hall–Kier alpha value is -2.49. The molecule has 0 unspecified atom stereocenters. The maximum absolute atomic E-state index is 5.42. The second kappa shape index (κ2) is 6.52. The normalized spacial score (nSPS) is 10.8. The molecule has 2 aromatic carbocycles. The molecule has 1 N–H and O–H groups in total. The summed E-state index contributed by atoms with van der Waals surface area (Å²) < 4.78 is 5.42. The van der Waals surface area contributed by atoms with Crippen LogP contribution >= 0.6 is 0 Å². The third kappa shape index (κ3) is 3.06. The largest absolute Gasteiger partial charge is 0.377 e. The fourth-order valence-corrected chi connectivity index (χ4v) is 2.61. The first-order valence-corrected chi connectivity index (χ1v) is 7.59. The van der Waals surface area contributed by atoms with Gasteiger partial charge in [0.2, 0.25) is 0 Å². The fraction of sp³-hybridized carbons (Fsp3) is 0.278. The van der Waals surface area contributed by atoms with Crippen molar-refractivity contribution in [3.05, 3.63) is 54.1 Å². The molecule has 0 bridgehead atoms. The lowest BCUT2D eigenvalue weighted by Crippen LogP contribution is -2.10. The number of rotatable bonds is 6. The molecular formula is C18H21N3O. The maximum Gasteiger partial charge on any atom is 0.179 e. The third-order valence-corrected chi connectivity index (χ3v) is 3.74. The number of nitrogens with zero attached hydrogens (tertiary/aromatic N) is 2. The van der Waals surface area contributed by atoms with Crippen molar-refractivity contribution in [3.63, 3.8) is 0 Å². The maximum atomic E-state index is 5.42. The van der Waals surface area contributed by atoms with Crippen molar-refractivity contribution in [3.8, 4) is 0 Å². The SMILES string of the molecule is CN(C)c1cccc2onc(NCCCc3ccccc3)c12. The summed E-state index contributed by atoms with van der Waals surface area (Å²) in [4.78, 5) is 2.08. The van der Waals surface area contributed by atoms with Crippen molar-refractivity contribution in [1.29, 1.82) is 0 Å². The molecule has 1 aromatic heterocycles. The molecule has 3 rings (SSSR count). The molecule has 0 amide bonds. The lowest BCUT2D eigenvalue weighted by atomic mass is 10.1. The van der Waals surface area contributed by atoms with Gasteiger partial charge in [-0.05, 0) is 30.5 Å². The molecule has 3 aromatic rings. The molecule has 0 atom stereocenters. The summed E-state index contributed by atoms with van der Waals surface area (Å²) in [5.74, 6) is 0.826. The van der Waals surface area contributed by atoms with Crippen LogP contribution < -0.4 is 10.2 Å². The zero-order chi connectivity index (χ0) is 15.4. The Labute approximate surface area is 130 Å². The van der Waals surface area contributed by atoms with Gasteiger partial charge in [-0.2, -0.15) is 0 Å². The van der Waals surface area contributed by atoms with Crippen molar-refractivity contribution < 1.29 is 4.52 Å². The molecule has 0 saturated carbocycles. The number of aromatic nitrogens is 1. The van der Waals surface area contributed by atoms with E-state index >= 15 is 0 Å². The van der Waals surface area contributed by atoms with E-state index in [0.29, 0.717) is 0 Å². The van der Waals surface area contributed by atoms with Gasteiger partial charge in [-0.15, -0.1) is 0 Å². The van der Waals surface area contributed by atoms with Crippen molar-refractivity contribution in [2.24, 2.45) is 0 Å². The fourth-order valence-electron chi connectivity index (χ4n) is 2.61. The molecule has 0 aliphatic heterocycles. The Balaban J connectivity index is 1.67. The Morgan fingerprint density at radius 1 is 1.05 bits per heavy atom. The van der Waals surface area contributed by atoms with Crippen LogP contribution in [0.4, 0.5) is 11.5 Å². The number of nitrogens with one attached hydrogen (secondary N) is 1. The summed E-state index contributed by atoms with van der Waals surface area (Å²) in [5.41, 5.74) is 3.30. The van der Waals surface area contributed by atoms with E-state index in [9.17, 15) is 0 Å². The van der Waals surface area contributed by atoms with E-state index in [2.05, 4.69) is 45.7 Å². The van der Waals surface area contributed by atoms with Crippen LogP contribution in [0.1, 0.15) is 12.0 Å². The molecule has 4 nitrogen and oxygen atoms in total. The van der Waals surface area contributed by atoms with Gasteiger partial charge in [-0.3, -0.25) is 0 Å². The zero-order valence-corrected chi connectivity index (χ0v) is 13.0. The minimum Gasteiger partial charge on any atom is -0.377 e. The Morgan fingerprint density at radius 3 is 2.64 bits per heavy atom. The highest BCUT2D eigenvalue weighted by molar-refractivity contribution is 5.99. The molecule has 0 aliphatic rings. The van der Waals surface area contributed by atoms with E-state index in [0.717, 1.165) is 41.9 Å². The van der Waals surface area contributed by atoms with Crippen LogP contribution in [0.5, 0.6) is 0 Å². The highest BCUT2D eigenvalue weighted by Gasteiger charge is 2.13. The second-order valence-corrected chi connectivity index (χ2v) is 5.59. The van der Waals surface area contributed by atoms with E-state index in [-0.39, 0.29) is 0 Å². The summed E-state index contributed by atoms with van der Waals surface area (Å²) >= 11 is 0. The van der Waals surface area contributed by atoms with Gasteiger partial charge in [0, 0.05) is 20.6 Å². The average molecular weight is 295 g/mol. The van der Waals surface area contributed by atoms with E-state index < -0.39 is 0 Å². The van der Waals surface area contributed by atoms with Crippen molar-refractivity contribution >= 4 is 22.5 Å². The molecule has 0 spiro atoms. The molecular weight excluding hydrogens is 274 g/mol. The van der Waals surface area contributed by atoms with Crippen molar-refractivity contribution in [2.45, 2.75) is 12.8 Å². The number of hydrogen-bond acceptors (Lipinski definition) is 4. The Kier molecular flexibility index (Phi) is 4.28. The van der Waals surface area contributed by atoms with E-state index in [1.165, 1.54) is 5.56 Å². The van der Waals surface area contributed by atoms with Gasteiger partial charge in [0.1, 0.15) is 0 Å². The van der Waals surface area contributed by atoms with E-state index in [4.69, 9.17) is 4.52 Å². The Bertz CT molecular complexity index is 734. The highest BCUT2D eigenvalue weighted by atomic mass is 16.5. The summed E-state index contributed by atoms with van der Waals surface area (Å²) in [5, 5.41) is 8.62. The van der Waals surface area contributed by atoms with Crippen LogP contribution in [0.3, 0.4) is 0 Å². The van der Waals surface area contributed by atoms with Gasteiger partial charge < -0.3 is 14.7 Å². The summed E-state index contributed by atoms with van der Waals surface area (Å²) in [7, 11) is 4.06. The van der Waals surface area contributed by atoms with Gasteiger partial charge in [-0.1, -0.05) is 41.6 Å². The van der Waals surface area contributed by atoms with Crippen LogP contribution in [0.25, 0.3) is 11.0 Å². The molecule has 0 saturated heterocycles. The molecule has 114 valence electrons. The number of hydrogen-bond donors (Lipinski definition) is 1. The van der Waals surface area contributed by atoms with Gasteiger partial charge in [-0.25, -0.2) is 0 Å². The molecule has 0 fully saturated rings. The van der Waals surface area contributed by atoms with Crippen LogP contribution in [-0.2, 0) is 6.42 Å². The number of benzene rings is 2. The molecule has 0 radical (unpaired) electrons. The lowest BCUT2D eigenvalue weighted by molar-refractivity contribution is 0.459. The molecule has 1 heterocycles. The van der Waals surface area contributed by atoms with Gasteiger partial charge >= 0.3 is 0 Å². The van der Waals surface area contributed by atoms with Crippen LogP contribution in [0.2, 0.25) is 0 Å². The molecule has 4 heteroatoms. The van der Waals surface area contributed by atoms with E-state index in [1.807, 2.05) is 32.3 Å². The number of fused-ring (bicyclic) bond motifs is 1. The highest BCUT2D eigenvalue weighted by Crippen LogP contribution is 2.31. The smallest absolute Gasteiger partial charge is 0.179 e. The van der Waals surface area contributed by atoms with Crippen LogP contribution in [-0.4, -0.2) is 25.8 Å². The molecule has 0 aliphatic carbocycles. The Morgan fingerprint density at radius 2 is 1.86 bits per heavy atom. The molecule has 22 heavy (non-hydrogen) atoms. The predicted octanol–water partition coefficient (Wildman–Crippen LogP) is 3.94. The predicted molar refractivity (Wildman–Crippen MR) is 91.6 cm³/mol. The summed E-state index contributed by atoms with van der Waals surface area (Å²) in [6.45, 7) is 0.873. The first kappa shape index (κ1) is 14.4. The standard InChI is InChI=1S/C18H21N3O/c1-21(2)15-11-6-12-16-17(15)18(20-22-16)19-13-7-10-14-8-4-3-5-9-14/h3-6,8-9,11-12H,7,10,13H2,1-2H3,(H,19,20). The first-order valence-electron chi connectivity index (χ1n) is 7.59. The minimum absolute atomic E-state index is 0.816.